The van der Waals surface area contributed by atoms with Crippen LogP contribution in [-0.4, -0.2) is 33.0 Å². The number of pyridine rings is 1. The van der Waals surface area contributed by atoms with E-state index < -0.39 is 15.9 Å². The van der Waals surface area contributed by atoms with Crippen LogP contribution in [0.5, 0.6) is 5.75 Å². The molecule has 3 aromatic rings. The number of amides is 1. The lowest BCUT2D eigenvalue weighted by Crippen LogP contribution is -2.32. The molecule has 0 spiro atoms. The van der Waals surface area contributed by atoms with Crippen molar-refractivity contribution in [1.29, 1.82) is 0 Å². The number of sulfonamides is 1. The molecule has 0 aliphatic carbocycles. The van der Waals surface area contributed by atoms with Gasteiger partial charge in [0.05, 0.1) is 24.2 Å². The number of H-pyrrole nitrogens is 1. The van der Waals surface area contributed by atoms with Crippen molar-refractivity contribution in [1.82, 2.24) is 10.3 Å². The minimum Gasteiger partial charge on any atom is -0.495 e. The zero-order valence-electron chi connectivity index (χ0n) is 19.3. The summed E-state index contributed by atoms with van der Waals surface area (Å²) in [6.07, 6.45) is 1.47. The van der Waals surface area contributed by atoms with E-state index in [2.05, 4.69) is 16.9 Å². The Bertz CT molecular complexity index is 1380. The van der Waals surface area contributed by atoms with Gasteiger partial charge in [0, 0.05) is 23.4 Å². The Morgan fingerprint density at radius 3 is 2.56 bits per heavy atom. The van der Waals surface area contributed by atoms with Gasteiger partial charge in [-0.1, -0.05) is 24.3 Å². The summed E-state index contributed by atoms with van der Waals surface area (Å²) in [5.41, 5.74) is 2.17. The summed E-state index contributed by atoms with van der Waals surface area (Å²) in [5.74, 6) is -0.107. The molecule has 0 bridgehead atoms. The summed E-state index contributed by atoms with van der Waals surface area (Å²) < 4.78 is 33.5. The van der Waals surface area contributed by atoms with Crippen LogP contribution in [-0.2, 0) is 16.6 Å². The highest BCUT2D eigenvalue weighted by Crippen LogP contribution is 2.32. The molecule has 8 nitrogen and oxygen atoms in total. The molecule has 1 heterocycles. The molecule has 1 aromatic heterocycles. The smallest absolute Gasteiger partial charge is 0.264 e. The third kappa shape index (κ3) is 5.20. The molecule has 34 heavy (non-hydrogen) atoms. The fourth-order valence-corrected chi connectivity index (χ4v) is 5.07. The highest BCUT2D eigenvalue weighted by atomic mass is 32.2. The highest BCUT2D eigenvalue weighted by molar-refractivity contribution is 7.92. The molecule has 0 aliphatic rings. The van der Waals surface area contributed by atoms with E-state index in [1.807, 2.05) is 6.07 Å². The SMILES string of the molecule is C=CCN(c1ccccc1OC)S(=O)(=O)c1cccc(C(=O)NCc2c(C)cc(C)[nH]c2=O)c1. The number of carbonyl (C=O) groups is 1. The zero-order chi connectivity index (χ0) is 24.9. The lowest BCUT2D eigenvalue weighted by molar-refractivity contribution is 0.0950. The Balaban J connectivity index is 1.90. The number of hydrogen-bond donors (Lipinski definition) is 2. The van der Waals surface area contributed by atoms with E-state index in [-0.39, 0.29) is 29.1 Å². The molecule has 0 radical (unpaired) electrons. The number of anilines is 1. The molecule has 0 unspecified atom stereocenters. The first-order chi connectivity index (χ1) is 16.2. The molecular formula is C25H27N3O5S. The van der Waals surface area contributed by atoms with Crippen LogP contribution in [0.2, 0.25) is 0 Å². The summed E-state index contributed by atoms with van der Waals surface area (Å²) in [6, 6.07) is 14.3. The van der Waals surface area contributed by atoms with E-state index in [4.69, 9.17) is 4.74 Å². The van der Waals surface area contributed by atoms with Crippen LogP contribution in [0.15, 0.2) is 76.9 Å². The number of carbonyl (C=O) groups excluding carboxylic acids is 1. The van der Waals surface area contributed by atoms with Crippen LogP contribution in [0.4, 0.5) is 5.69 Å². The second kappa shape index (κ2) is 10.4. The van der Waals surface area contributed by atoms with Crippen LogP contribution >= 0.6 is 0 Å². The van der Waals surface area contributed by atoms with Gasteiger partial charge in [-0.3, -0.25) is 13.9 Å². The van der Waals surface area contributed by atoms with Crippen LogP contribution in [0, 0.1) is 13.8 Å². The number of nitrogens with zero attached hydrogens (tertiary/aromatic N) is 1. The number of ether oxygens (including phenoxy) is 1. The molecule has 0 saturated carbocycles. The standard InChI is InChI=1S/C25H27N3O5S/c1-5-13-28(22-11-6-7-12-23(22)33-4)34(31,32)20-10-8-9-19(15-20)24(29)26-16-21-17(2)14-18(3)27-25(21)30/h5-12,14-15H,1,13,16H2,2-4H3,(H,26,29)(H,27,30). The summed E-state index contributed by atoms with van der Waals surface area (Å²) in [6.45, 7) is 7.27. The summed E-state index contributed by atoms with van der Waals surface area (Å²) >= 11 is 0. The molecule has 1 amide bonds. The predicted molar refractivity (Wildman–Crippen MR) is 132 cm³/mol. The van der Waals surface area contributed by atoms with Gasteiger partial charge in [0.1, 0.15) is 5.75 Å². The monoisotopic (exact) mass is 481 g/mol. The van der Waals surface area contributed by atoms with E-state index in [0.29, 0.717) is 17.0 Å². The number of nitrogens with one attached hydrogen (secondary N) is 2. The van der Waals surface area contributed by atoms with Gasteiger partial charge >= 0.3 is 0 Å². The Morgan fingerprint density at radius 2 is 1.88 bits per heavy atom. The average Bonchev–Trinajstić information content (AvgIpc) is 2.81. The second-order valence-corrected chi connectivity index (χ2v) is 9.51. The maximum Gasteiger partial charge on any atom is 0.264 e. The van der Waals surface area contributed by atoms with E-state index in [1.54, 1.807) is 38.1 Å². The summed E-state index contributed by atoms with van der Waals surface area (Å²) in [7, 11) is -2.58. The number of benzene rings is 2. The van der Waals surface area contributed by atoms with E-state index in [9.17, 15) is 18.0 Å². The first-order valence-electron chi connectivity index (χ1n) is 10.5. The fraction of sp³-hybridized carbons (Fsp3) is 0.200. The van der Waals surface area contributed by atoms with Crippen LogP contribution in [0.1, 0.15) is 27.2 Å². The van der Waals surface area contributed by atoms with Gasteiger partial charge in [0.2, 0.25) is 0 Å². The topological polar surface area (TPSA) is 109 Å². The van der Waals surface area contributed by atoms with E-state index in [1.165, 1.54) is 41.8 Å². The lowest BCUT2D eigenvalue weighted by atomic mass is 10.1. The van der Waals surface area contributed by atoms with Crippen molar-refractivity contribution in [2.45, 2.75) is 25.3 Å². The molecule has 2 aromatic carbocycles. The minimum atomic E-state index is -4.04. The molecule has 0 fully saturated rings. The quantitative estimate of drug-likeness (QED) is 0.456. The molecular weight excluding hydrogens is 454 g/mol. The third-order valence-corrected chi connectivity index (χ3v) is 7.03. The lowest BCUT2D eigenvalue weighted by Gasteiger charge is -2.25. The largest absolute Gasteiger partial charge is 0.495 e. The molecule has 0 aliphatic heterocycles. The van der Waals surface area contributed by atoms with Crippen molar-refractivity contribution in [3.05, 3.63) is 100.0 Å². The first-order valence-corrected chi connectivity index (χ1v) is 12.0. The number of aromatic amines is 1. The van der Waals surface area contributed by atoms with Gasteiger partial charge < -0.3 is 15.0 Å². The maximum atomic E-state index is 13.5. The Kier molecular flexibility index (Phi) is 7.57. The van der Waals surface area contributed by atoms with Crippen molar-refractivity contribution in [2.24, 2.45) is 0 Å². The Morgan fingerprint density at radius 1 is 1.15 bits per heavy atom. The summed E-state index contributed by atoms with van der Waals surface area (Å²) in [5, 5.41) is 2.70. The molecule has 178 valence electrons. The van der Waals surface area contributed by atoms with Crippen molar-refractivity contribution >= 4 is 21.6 Å². The second-order valence-electron chi connectivity index (χ2n) is 7.65. The number of aryl methyl sites for hydroxylation is 2. The van der Waals surface area contributed by atoms with Gasteiger partial charge in [-0.15, -0.1) is 6.58 Å². The van der Waals surface area contributed by atoms with Gasteiger partial charge in [-0.2, -0.15) is 0 Å². The van der Waals surface area contributed by atoms with Crippen LogP contribution in [0.3, 0.4) is 0 Å². The number of methoxy groups -OCH3 is 1. The van der Waals surface area contributed by atoms with Crippen molar-refractivity contribution in [3.8, 4) is 5.75 Å². The van der Waals surface area contributed by atoms with Gasteiger partial charge in [0.15, 0.2) is 0 Å². The van der Waals surface area contributed by atoms with Crippen molar-refractivity contribution in [3.63, 3.8) is 0 Å². The predicted octanol–water partition coefficient (Wildman–Crippen LogP) is 3.31. The fourth-order valence-electron chi connectivity index (χ4n) is 3.58. The van der Waals surface area contributed by atoms with Crippen LogP contribution in [0.25, 0.3) is 0 Å². The van der Waals surface area contributed by atoms with Gasteiger partial charge in [-0.25, -0.2) is 8.42 Å². The molecule has 0 saturated heterocycles. The normalized spacial score (nSPS) is 11.0. The maximum absolute atomic E-state index is 13.5. The number of hydrogen-bond acceptors (Lipinski definition) is 5. The Hall–Kier alpha value is -3.85. The Labute approximate surface area is 199 Å². The minimum absolute atomic E-state index is 0.00854. The molecule has 3 rings (SSSR count). The molecule has 9 heteroatoms. The highest BCUT2D eigenvalue weighted by Gasteiger charge is 2.27. The van der Waals surface area contributed by atoms with Crippen molar-refractivity contribution in [2.75, 3.05) is 18.0 Å². The third-order valence-electron chi connectivity index (χ3n) is 5.25. The number of aromatic nitrogens is 1. The number of rotatable bonds is 9. The first kappa shape index (κ1) is 24.8. The van der Waals surface area contributed by atoms with Gasteiger partial charge in [-0.05, 0) is 55.8 Å². The zero-order valence-corrected chi connectivity index (χ0v) is 20.1. The number of para-hydroxylation sites is 2. The van der Waals surface area contributed by atoms with Gasteiger partial charge in [0.25, 0.3) is 21.5 Å². The van der Waals surface area contributed by atoms with E-state index >= 15 is 0 Å². The van der Waals surface area contributed by atoms with Crippen molar-refractivity contribution < 1.29 is 17.9 Å². The van der Waals surface area contributed by atoms with E-state index in [0.717, 1.165) is 11.3 Å². The molecule has 2 N–H and O–H groups in total. The average molecular weight is 482 g/mol. The van der Waals surface area contributed by atoms with Crippen LogP contribution < -0.4 is 19.9 Å². The summed E-state index contributed by atoms with van der Waals surface area (Å²) in [4.78, 5) is 27.6. The molecule has 0 atom stereocenters.